The summed E-state index contributed by atoms with van der Waals surface area (Å²) < 4.78 is 32.7. The van der Waals surface area contributed by atoms with Gasteiger partial charge in [-0.3, -0.25) is 14.6 Å². The summed E-state index contributed by atoms with van der Waals surface area (Å²) in [6.45, 7) is 8.43. The van der Waals surface area contributed by atoms with E-state index in [2.05, 4.69) is 28.9 Å². The fourth-order valence-corrected chi connectivity index (χ4v) is 5.68. The Morgan fingerprint density at radius 1 is 1.11 bits per heavy atom. The van der Waals surface area contributed by atoms with Crippen molar-refractivity contribution in [3.63, 3.8) is 0 Å². The van der Waals surface area contributed by atoms with Crippen molar-refractivity contribution < 1.29 is 22.9 Å². The minimum atomic E-state index is -0.788. The lowest BCUT2D eigenvalue weighted by atomic mass is 9.69. The minimum absolute atomic E-state index is 0.0377. The van der Waals surface area contributed by atoms with Gasteiger partial charge in [0.05, 0.1) is 5.56 Å². The van der Waals surface area contributed by atoms with E-state index in [1.54, 1.807) is 6.20 Å². The van der Waals surface area contributed by atoms with Crippen molar-refractivity contribution in [2.24, 2.45) is 11.3 Å². The molecule has 2 fully saturated rings. The molecule has 2 aromatic heterocycles. The summed E-state index contributed by atoms with van der Waals surface area (Å²) in [5, 5.41) is 3.87. The molecule has 0 amide bonds. The Labute approximate surface area is 221 Å². The number of carbonyl (C=O) groups excluding carboxylic acids is 2. The fraction of sp³-hybridized carbons (Fsp3) is 0.467. The maximum absolute atomic E-state index is 14.2. The SMILES string of the molecule is Cc1cc(C(C)(C)CC(=O)CC2(CC(=O)c3cc(-c4ccc(F)cc4F)on3)CN(CC3CC3)C2)ccn1. The summed E-state index contributed by atoms with van der Waals surface area (Å²) in [5.74, 6) is -0.824. The molecule has 6 nitrogen and oxygen atoms in total. The summed E-state index contributed by atoms with van der Waals surface area (Å²) in [5.41, 5.74) is 1.28. The number of hydrogen-bond acceptors (Lipinski definition) is 6. The summed E-state index contributed by atoms with van der Waals surface area (Å²) in [7, 11) is 0. The molecule has 1 aliphatic carbocycles. The van der Waals surface area contributed by atoms with Gasteiger partial charge in [0.1, 0.15) is 23.1 Å². The van der Waals surface area contributed by atoms with Gasteiger partial charge in [0, 0.05) is 68.3 Å². The average molecular weight is 522 g/mol. The molecule has 0 atom stereocenters. The second kappa shape index (κ2) is 10.1. The number of halogens is 2. The van der Waals surface area contributed by atoms with E-state index in [1.807, 2.05) is 19.1 Å². The van der Waals surface area contributed by atoms with Crippen LogP contribution in [0.3, 0.4) is 0 Å². The van der Waals surface area contributed by atoms with E-state index in [4.69, 9.17) is 4.52 Å². The third kappa shape index (κ3) is 5.90. The molecule has 2 aliphatic rings. The van der Waals surface area contributed by atoms with Gasteiger partial charge in [0.25, 0.3) is 0 Å². The molecule has 1 saturated heterocycles. The highest BCUT2D eigenvalue weighted by Gasteiger charge is 2.47. The first-order chi connectivity index (χ1) is 18.0. The van der Waals surface area contributed by atoms with Crippen LogP contribution in [-0.2, 0) is 10.2 Å². The average Bonchev–Trinajstić information content (AvgIpc) is 3.50. The van der Waals surface area contributed by atoms with E-state index in [0.29, 0.717) is 25.9 Å². The highest BCUT2D eigenvalue weighted by Crippen LogP contribution is 2.43. The lowest BCUT2D eigenvalue weighted by Crippen LogP contribution is -2.58. The molecule has 5 rings (SSSR count). The standard InChI is InChI=1S/C30H33F2N3O3/c1-19-10-21(8-9-33-19)29(2,3)13-23(36)14-30(17-35(18-30)16-20-4-5-20)15-27(37)26-12-28(38-34-26)24-7-6-22(31)11-25(24)32/h6-12,20H,4-5,13-18H2,1-3H3. The number of carbonyl (C=O) groups is 2. The summed E-state index contributed by atoms with van der Waals surface area (Å²) in [6, 6.07) is 8.50. The number of Topliss-reactive ketones (excluding diaryl/α,β-unsaturated/α-hetero) is 2. The maximum atomic E-state index is 14.2. The number of rotatable bonds is 11. The van der Waals surface area contributed by atoms with Gasteiger partial charge in [0.2, 0.25) is 0 Å². The van der Waals surface area contributed by atoms with Crippen LogP contribution in [0.4, 0.5) is 8.78 Å². The second-order valence-electron chi connectivity index (χ2n) is 11.9. The van der Waals surface area contributed by atoms with Crippen molar-refractivity contribution in [1.82, 2.24) is 15.0 Å². The van der Waals surface area contributed by atoms with Crippen LogP contribution in [0.25, 0.3) is 11.3 Å². The number of pyridine rings is 1. The molecule has 0 radical (unpaired) electrons. The molecule has 1 aliphatic heterocycles. The number of aromatic nitrogens is 2. The third-order valence-electron chi connectivity index (χ3n) is 7.75. The molecule has 38 heavy (non-hydrogen) atoms. The highest BCUT2D eigenvalue weighted by atomic mass is 19.1. The van der Waals surface area contributed by atoms with Crippen molar-refractivity contribution in [3.05, 3.63) is 71.2 Å². The van der Waals surface area contributed by atoms with E-state index in [1.165, 1.54) is 25.0 Å². The van der Waals surface area contributed by atoms with Gasteiger partial charge in [-0.2, -0.15) is 0 Å². The quantitative estimate of drug-likeness (QED) is 0.291. The van der Waals surface area contributed by atoms with Crippen LogP contribution >= 0.6 is 0 Å². The van der Waals surface area contributed by atoms with Gasteiger partial charge in [-0.25, -0.2) is 8.78 Å². The Balaban J connectivity index is 1.29. The minimum Gasteiger partial charge on any atom is -0.355 e. The zero-order chi connectivity index (χ0) is 27.1. The first kappa shape index (κ1) is 26.4. The highest BCUT2D eigenvalue weighted by molar-refractivity contribution is 5.96. The summed E-state index contributed by atoms with van der Waals surface area (Å²) in [6.07, 6.45) is 5.08. The molecule has 1 saturated carbocycles. The van der Waals surface area contributed by atoms with Crippen LogP contribution in [0.5, 0.6) is 0 Å². The summed E-state index contributed by atoms with van der Waals surface area (Å²) >= 11 is 0. The molecule has 200 valence electrons. The lowest BCUT2D eigenvalue weighted by molar-refractivity contribution is -0.126. The zero-order valence-electron chi connectivity index (χ0n) is 22.1. The molecular formula is C30H33F2N3O3. The molecule has 3 heterocycles. The Hall–Kier alpha value is -3.26. The van der Waals surface area contributed by atoms with Crippen molar-refractivity contribution >= 4 is 11.6 Å². The normalized spacial score (nSPS) is 17.3. The van der Waals surface area contributed by atoms with E-state index in [0.717, 1.165) is 35.9 Å². The Kier molecular flexibility index (Phi) is 7.03. The van der Waals surface area contributed by atoms with Crippen molar-refractivity contribution in [2.75, 3.05) is 19.6 Å². The van der Waals surface area contributed by atoms with Crippen LogP contribution in [0.1, 0.15) is 67.7 Å². The molecule has 0 spiro atoms. The number of likely N-dealkylation sites (tertiary alicyclic amines) is 1. The Bertz CT molecular complexity index is 1360. The molecule has 8 heteroatoms. The van der Waals surface area contributed by atoms with Crippen LogP contribution in [0, 0.1) is 29.9 Å². The van der Waals surface area contributed by atoms with Gasteiger partial charge < -0.3 is 9.42 Å². The Morgan fingerprint density at radius 3 is 2.55 bits per heavy atom. The monoisotopic (exact) mass is 521 g/mol. The molecule has 0 unspecified atom stereocenters. The first-order valence-electron chi connectivity index (χ1n) is 13.1. The van der Waals surface area contributed by atoms with Crippen LogP contribution in [-0.4, -0.2) is 46.2 Å². The summed E-state index contributed by atoms with van der Waals surface area (Å²) in [4.78, 5) is 33.3. The van der Waals surface area contributed by atoms with Gasteiger partial charge in [-0.15, -0.1) is 0 Å². The third-order valence-corrected chi connectivity index (χ3v) is 7.75. The van der Waals surface area contributed by atoms with E-state index in [-0.39, 0.29) is 40.4 Å². The van der Waals surface area contributed by atoms with E-state index < -0.39 is 17.0 Å². The predicted octanol–water partition coefficient (Wildman–Crippen LogP) is 5.94. The number of ketones is 2. The second-order valence-corrected chi connectivity index (χ2v) is 11.9. The van der Waals surface area contributed by atoms with Crippen LogP contribution < -0.4 is 0 Å². The molecule has 0 N–H and O–H groups in total. The van der Waals surface area contributed by atoms with Crippen molar-refractivity contribution in [3.8, 4) is 11.3 Å². The van der Waals surface area contributed by atoms with Gasteiger partial charge in [0.15, 0.2) is 11.5 Å². The topological polar surface area (TPSA) is 76.3 Å². The zero-order valence-corrected chi connectivity index (χ0v) is 22.1. The maximum Gasteiger partial charge on any atom is 0.185 e. The first-order valence-corrected chi connectivity index (χ1v) is 13.1. The molecule has 1 aromatic carbocycles. The number of benzene rings is 1. The fourth-order valence-electron chi connectivity index (χ4n) is 5.68. The predicted molar refractivity (Wildman–Crippen MR) is 139 cm³/mol. The smallest absolute Gasteiger partial charge is 0.185 e. The van der Waals surface area contributed by atoms with E-state index >= 15 is 0 Å². The van der Waals surface area contributed by atoms with Gasteiger partial charge in [-0.05, 0) is 60.9 Å². The number of aryl methyl sites for hydroxylation is 1. The molecular weight excluding hydrogens is 488 g/mol. The Morgan fingerprint density at radius 2 is 1.87 bits per heavy atom. The largest absolute Gasteiger partial charge is 0.355 e. The molecule has 0 bridgehead atoms. The van der Waals surface area contributed by atoms with Gasteiger partial charge >= 0.3 is 0 Å². The van der Waals surface area contributed by atoms with Crippen LogP contribution in [0.2, 0.25) is 0 Å². The molecule has 3 aromatic rings. The van der Waals surface area contributed by atoms with Crippen LogP contribution in [0.15, 0.2) is 47.1 Å². The van der Waals surface area contributed by atoms with Gasteiger partial charge in [-0.1, -0.05) is 19.0 Å². The number of nitrogens with zero attached hydrogens (tertiary/aromatic N) is 3. The number of hydrogen-bond donors (Lipinski definition) is 0. The van der Waals surface area contributed by atoms with Crippen molar-refractivity contribution in [1.29, 1.82) is 0 Å². The lowest BCUT2D eigenvalue weighted by Gasteiger charge is -2.50. The van der Waals surface area contributed by atoms with E-state index in [9.17, 15) is 18.4 Å². The van der Waals surface area contributed by atoms with Crippen molar-refractivity contribution in [2.45, 2.75) is 58.3 Å².